The molecule has 0 aromatic carbocycles. The van der Waals surface area contributed by atoms with Crippen LogP contribution in [0.3, 0.4) is 0 Å². The second kappa shape index (κ2) is 6.03. The summed E-state index contributed by atoms with van der Waals surface area (Å²) in [7, 11) is 0. The molecule has 0 aliphatic carbocycles. The number of aryl methyl sites for hydroxylation is 2. The standard InChI is InChI=1S/C12H13N3OS/c1-3-10-8-11(17-9(10)2)12(16)15(6-4-13)7-5-14/h8H,3,6-7H2,1-2H3. The molecule has 0 fully saturated rings. The van der Waals surface area contributed by atoms with Crippen molar-refractivity contribution in [1.82, 2.24) is 4.90 Å². The summed E-state index contributed by atoms with van der Waals surface area (Å²) in [6.07, 6.45) is 0.881. The maximum atomic E-state index is 12.0. The molecule has 0 saturated heterocycles. The van der Waals surface area contributed by atoms with Gasteiger partial charge in [0.1, 0.15) is 13.1 Å². The van der Waals surface area contributed by atoms with E-state index < -0.39 is 0 Å². The average Bonchev–Trinajstić information content (AvgIpc) is 2.69. The number of carbonyl (C=O) groups is 1. The molecular formula is C12H13N3OS. The summed E-state index contributed by atoms with van der Waals surface area (Å²) in [4.78, 5) is 15.0. The first kappa shape index (κ1) is 13.2. The van der Waals surface area contributed by atoms with Crippen LogP contribution in [0.25, 0.3) is 0 Å². The molecule has 5 heteroatoms. The third-order valence-electron chi connectivity index (χ3n) is 2.42. The highest BCUT2D eigenvalue weighted by atomic mass is 32.1. The highest BCUT2D eigenvalue weighted by Crippen LogP contribution is 2.23. The van der Waals surface area contributed by atoms with E-state index in [4.69, 9.17) is 10.5 Å². The van der Waals surface area contributed by atoms with E-state index in [1.165, 1.54) is 16.2 Å². The molecule has 1 amide bonds. The quantitative estimate of drug-likeness (QED) is 0.765. The molecule has 1 heterocycles. The van der Waals surface area contributed by atoms with Gasteiger partial charge < -0.3 is 4.90 Å². The highest BCUT2D eigenvalue weighted by molar-refractivity contribution is 7.14. The van der Waals surface area contributed by atoms with Gasteiger partial charge in [0.05, 0.1) is 17.0 Å². The first-order valence-corrected chi connectivity index (χ1v) is 6.08. The zero-order valence-corrected chi connectivity index (χ0v) is 10.7. The normalized spacial score (nSPS) is 9.41. The molecule has 0 bridgehead atoms. The van der Waals surface area contributed by atoms with E-state index in [1.807, 2.05) is 32.1 Å². The fourth-order valence-corrected chi connectivity index (χ4v) is 2.58. The fourth-order valence-electron chi connectivity index (χ4n) is 1.50. The monoisotopic (exact) mass is 247 g/mol. The second-order valence-corrected chi connectivity index (χ2v) is 4.78. The number of carbonyl (C=O) groups excluding carboxylic acids is 1. The van der Waals surface area contributed by atoms with Gasteiger partial charge in [-0.15, -0.1) is 11.3 Å². The minimum atomic E-state index is -0.235. The summed E-state index contributed by atoms with van der Waals surface area (Å²) >= 11 is 1.42. The van der Waals surface area contributed by atoms with Gasteiger partial charge in [-0.2, -0.15) is 10.5 Å². The Labute approximate surface area is 105 Å². The summed E-state index contributed by atoms with van der Waals surface area (Å²) in [5, 5.41) is 17.2. The highest BCUT2D eigenvalue weighted by Gasteiger charge is 2.18. The predicted octanol–water partition coefficient (Wildman–Crippen LogP) is 2.11. The minimum Gasteiger partial charge on any atom is -0.311 e. The minimum absolute atomic E-state index is 0.0508. The third-order valence-corrected chi connectivity index (χ3v) is 3.50. The van der Waals surface area contributed by atoms with Crippen LogP contribution in [0.1, 0.15) is 27.0 Å². The molecule has 0 saturated carbocycles. The zero-order chi connectivity index (χ0) is 12.8. The smallest absolute Gasteiger partial charge is 0.265 e. The van der Waals surface area contributed by atoms with E-state index in [0.717, 1.165) is 16.9 Å². The van der Waals surface area contributed by atoms with Gasteiger partial charge in [0.2, 0.25) is 0 Å². The van der Waals surface area contributed by atoms with E-state index in [1.54, 1.807) is 0 Å². The van der Waals surface area contributed by atoms with Crippen LogP contribution in [0.15, 0.2) is 6.07 Å². The lowest BCUT2D eigenvalue weighted by Gasteiger charge is -2.13. The fraction of sp³-hybridized carbons (Fsp3) is 0.417. The van der Waals surface area contributed by atoms with Crippen molar-refractivity contribution in [2.75, 3.05) is 13.1 Å². The van der Waals surface area contributed by atoms with Crippen LogP contribution in [-0.2, 0) is 6.42 Å². The zero-order valence-electron chi connectivity index (χ0n) is 9.86. The molecule has 0 aliphatic heterocycles. The number of rotatable bonds is 4. The molecule has 0 atom stereocenters. The van der Waals surface area contributed by atoms with Crippen LogP contribution in [0.4, 0.5) is 0 Å². The Kier molecular flexibility index (Phi) is 4.68. The molecule has 1 aromatic rings. The van der Waals surface area contributed by atoms with Gasteiger partial charge in [0, 0.05) is 4.88 Å². The summed E-state index contributed by atoms with van der Waals surface area (Å²) in [6.45, 7) is 3.90. The largest absolute Gasteiger partial charge is 0.311 e. The number of thiophene rings is 1. The lowest BCUT2D eigenvalue weighted by atomic mass is 10.2. The molecule has 0 aliphatic rings. The van der Waals surface area contributed by atoms with Crippen molar-refractivity contribution in [3.8, 4) is 12.1 Å². The molecule has 0 N–H and O–H groups in total. The molecule has 1 rings (SSSR count). The summed E-state index contributed by atoms with van der Waals surface area (Å²) in [5.74, 6) is -0.235. The maximum absolute atomic E-state index is 12.0. The lowest BCUT2D eigenvalue weighted by Crippen LogP contribution is -2.31. The van der Waals surface area contributed by atoms with Gasteiger partial charge in [-0.3, -0.25) is 4.79 Å². The molecule has 1 aromatic heterocycles. The first-order valence-electron chi connectivity index (χ1n) is 5.26. The van der Waals surface area contributed by atoms with Crippen molar-refractivity contribution < 1.29 is 4.79 Å². The number of nitrogens with zero attached hydrogens (tertiary/aromatic N) is 3. The lowest BCUT2D eigenvalue weighted by molar-refractivity contribution is 0.0799. The van der Waals surface area contributed by atoms with Crippen LogP contribution >= 0.6 is 11.3 Å². The Morgan fingerprint density at radius 1 is 1.41 bits per heavy atom. The van der Waals surface area contributed by atoms with E-state index in [-0.39, 0.29) is 19.0 Å². The Balaban J connectivity index is 2.94. The van der Waals surface area contributed by atoms with Crippen molar-refractivity contribution in [3.05, 3.63) is 21.4 Å². The van der Waals surface area contributed by atoms with Gasteiger partial charge in [-0.05, 0) is 25.0 Å². The summed E-state index contributed by atoms with van der Waals surface area (Å²) in [6, 6.07) is 5.65. The number of hydrogen-bond donors (Lipinski definition) is 0. The molecule has 0 radical (unpaired) electrons. The van der Waals surface area contributed by atoms with Crippen LogP contribution in [0.5, 0.6) is 0 Å². The topological polar surface area (TPSA) is 67.9 Å². The van der Waals surface area contributed by atoms with Gasteiger partial charge >= 0.3 is 0 Å². The van der Waals surface area contributed by atoms with Crippen LogP contribution in [-0.4, -0.2) is 23.9 Å². The molecule has 17 heavy (non-hydrogen) atoms. The number of hydrogen-bond acceptors (Lipinski definition) is 4. The van der Waals surface area contributed by atoms with E-state index in [2.05, 4.69) is 0 Å². The summed E-state index contributed by atoms with van der Waals surface area (Å²) < 4.78 is 0. The van der Waals surface area contributed by atoms with Crippen molar-refractivity contribution in [2.24, 2.45) is 0 Å². The Bertz CT molecular complexity index is 477. The van der Waals surface area contributed by atoms with E-state index in [0.29, 0.717) is 4.88 Å². The van der Waals surface area contributed by atoms with Crippen molar-refractivity contribution in [2.45, 2.75) is 20.3 Å². The van der Waals surface area contributed by atoms with Crippen molar-refractivity contribution in [1.29, 1.82) is 10.5 Å². The van der Waals surface area contributed by atoms with Crippen molar-refractivity contribution in [3.63, 3.8) is 0 Å². The van der Waals surface area contributed by atoms with E-state index >= 15 is 0 Å². The Morgan fingerprint density at radius 3 is 2.41 bits per heavy atom. The van der Waals surface area contributed by atoms with Gasteiger partial charge in [0.25, 0.3) is 5.91 Å². The van der Waals surface area contributed by atoms with Gasteiger partial charge in [0.15, 0.2) is 0 Å². The number of nitriles is 2. The van der Waals surface area contributed by atoms with Crippen LogP contribution in [0.2, 0.25) is 0 Å². The maximum Gasteiger partial charge on any atom is 0.265 e. The van der Waals surface area contributed by atoms with Crippen LogP contribution < -0.4 is 0 Å². The molecule has 0 spiro atoms. The van der Waals surface area contributed by atoms with Gasteiger partial charge in [-0.25, -0.2) is 0 Å². The van der Waals surface area contributed by atoms with Crippen LogP contribution in [0, 0.1) is 29.6 Å². The Morgan fingerprint density at radius 2 is 2.00 bits per heavy atom. The molecular weight excluding hydrogens is 234 g/mol. The van der Waals surface area contributed by atoms with Gasteiger partial charge in [-0.1, -0.05) is 6.92 Å². The second-order valence-electron chi connectivity index (χ2n) is 3.52. The first-order chi connectivity index (χ1) is 8.13. The summed E-state index contributed by atoms with van der Waals surface area (Å²) in [5.41, 5.74) is 1.15. The molecule has 4 nitrogen and oxygen atoms in total. The van der Waals surface area contributed by atoms with Crippen molar-refractivity contribution >= 4 is 17.2 Å². The Hall–Kier alpha value is -1.85. The SMILES string of the molecule is CCc1cc(C(=O)N(CC#N)CC#N)sc1C. The average molecular weight is 247 g/mol. The number of amides is 1. The predicted molar refractivity (Wildman–Crippen MR) is 65.6 cm³/mol. The third kappa shape index (κ3) is 3.05. The molecule has 0 unspecified atom stereocenters. The molecule has 88 valence electrons. The van der Waals surface area contributed by atoms with E-state index in [9.17, 15) is 4.79 Å².